The first kappa shape index (κ1) is 18.4. The first-order chi connectivity index (χ1) is 14.3. The Kier molecular flexibility index (Phi) is 5.08. The van der Waals surface area contributed by atoms with Gasteiger partial charge in [-0.25, -0.2) is 0 Å². The van der Waals surface area contributed by atoms with Crippen LogP contribution in [0.3, 0.4) is 0 Å². The minimum atomic E-state index is -0.0307. The maximum atomic E-state index is 5.89. The minimum Gasteiger partial charge on any atom is -0.467 e. The van der Waals surface area contributed by atoms with Gasteiger partial charge in [0.05, 0.1) is 36.7 Å². The molecular formula is C22H24N4O2S. The van der Waals surface area contributed by atoms with Gasteiger partial charge in [0.25, 0.3) is 0 Å². The Morgan fingerprint density at radius 3 is 2.90 bits per heavy atom. The van der Waals surface area contributed by atoms with Crippen molar-refractivity contribution in [1.29, 1.82) is 0 Å². The lowest BCUT2D eigenvalue weighted by atomic mass is 10.0. The quantitative estimate of drug-likeness (QED) is 0.626. The van der Waals surface area contributed by atoms with Crippen LogP contribution in [0.4, 0.5) is 0 Å². The number of nitrogens with zero attached hydrogens (tertiary/aromatic N) is 3. The molecule has 0 saturated carbocycles. The summed E-state index contributed by atoms with van der Waals surface area (Å²) in [5.41, 5.74) is 2.18. The second kappa shape index (κ2) is 8.00. The SMILES string of the molecule is S=C1N[C@H](c2ccccn2)[C@@H](c2cccn2C[C@@H]2CCCO2)N1Cc1ccco1. The fraction of sp³-hybridized carbons (Fsp3) is 0.364. The Labute approximate surface area is 175 Å². The number of aromatic nitrogens is 2. The summed E-state index contributed by atoms with van der Waals surface area (Å²) in [6, 6.07) is 14.2. The second-order valence-corrected chi connectivity index (χ2v) is 7.94. The van der Waals surface area contributed by atoms with Gasteiger partial charge >= 0.3 is 0 Å². The molecule has 6 nitrogen and oxygen atoms in total. The van der Waals surface area contributed by atoms with Crippen LogP contribution in [0.1, 0.15) is 42.1 Å². The number of hydrogen-bond acceptors (Lipinski definition) is 4. The molecule has 0 radical (unpaired) electrons. The van der Waals surface area contributed by atoms with Crippen molar-refractivity contribution in [2.75, 3.05) is 6.61 Å². The lowest BCUT2D eigenvalue weighted by molar-refractivity contribution is 0.0952. The van der Waals surface area contributed by atoms with Crippen molar-refractivity contribution in [3.63, 3.8) is 0 Å². The molecule has 0 aliphatic carbocycles. The van der Waals surface area contributed by atoms with E-state index in [1.807, 2.05) is 30.5 Å². The molecule has 0 aromatic carbocycles. The van der Waals surface area contributed by atoms with E-state index in [0.717, 1.165) is 37.4 Å². The van der Waals surface area contributed by atoms with Crippen molar-refractivity contribution in [3.05, 3.63) is 78.3 Å². The number of ether oxygens (including phenoxy) is 1. The van der Waals surface area contributed by atoms with Crippen molar-refractivity contribution in [1.82, 2.24) is 19.8 Å². The number of pyridine rings is 1. The summed E-state index contributed by atoms with van der Waals surface area (Å²) in [5, 5.41) is 4.22. The zero-order valence-electron chi connectivity index (χ0n) is 16.1. The van der Waals surface area contributed by atoms with Gasteiger partial charge in [0.1, 0.15) is 5.76 Å². The molecule has 2 fully saturated rings. The molecule has 29 heavy (non-hydrogen) atoms. The highest BCUT2D eigenvalue weighted by Gasteiger charge is 2.41. The van der Waals surface area contributed by atoms with Gasteiger partial charge in [0.15, 0.2) is 5.11 Å². The maximum Gasteiger partial charge on any atom is 0.170 e. The van der Waals surface area contributed by atoms with E-state index in [-0.39, 0.29) is 18.2 Å². The van der Waals surface area contributed by atoms with E-state index >= 15 is 0 Å². The normalized spacial score (nSPS) is 24.2. The molecule has 3 aromatic rings. The van der Waals surface area contributed by atoms with Crippen LogP contribution in [0.15, 0.2) is 65.5 Å². The van der Waals surface area contributed by atoms with Crippen molar-refractivity contribution in [2.45, 2.75) is 44.1 Å². The summed E-state index contributed by atoms with van der Waals surface area (Å²) in [7, 11) is 0. The Morgan fingerprint density at radius 2 is 2.14 bits per heavy atom. The molecule has 5 rings (SSSR count). The van der Waals surface area contributed by atoms with E-state index in [4.69, 9.17) is 21.4 Å². The summed E-state index contributed by atoms with van der Waals surface area (Å²) in [6.45, 7) is 2.32. The highest BCUT2D eigenvalue weighted by atomic mass is 32.1. The predicted molar refractivity (Wildman–Crippen MR) is 113 cm³/mol. The summed E-state index contributed by atoms with van der Waals surface area (Å²) < 4.78 is 13.8. The standard InChI is InChI=1S/C22H24N4O2S/c29-22-24-20(18-8-1-2-10-23-18)21(26(22)15-17-7-5-13-28-17)19-9-3-11-25(19)14-16-6-4-12-27-16/h1-3,5,7-11,13,16,20-21H,4,6,12,14-15H2,(H,24,29)/t16-,20+,21+/m0/s1. The molecule has 0 bridgehead atoms. The van der Waals surface area contributed by atoms with Crippen molar-refractivity contribution in [2.24, 2.45) is 0 Å². The van der Waals surface area contributed by atoms with Gasteiger partial charge in [-0.05, 0) is 61.5 Å². The van der Waals surface area contributed by atoms with Crippen molar-refractivity contribution >= 4 is 17.3 Å². The average Bonchev–Trinajstić information content (AvgIpc) is 3.53. The number of hydrogen-bond donors (Lipinski definition) is 1. The van der Waals surface area contributed by atoms with Crippen LogP contribution in [0, 0.1) is 0 Å². The van der Waals surface area contributed by atoms with E-state index in [1.165, 1.54) is 5.69 Å². The fourth-order valence-corrected chi connectivity index (χ4v) is 4.64. The van der Waals surface area contributed by atoms with Gasteiger partial charge in [0, 0.05) is 31.2 Å². The molecule has 0 unspecified atom stereocenters. The first-order valence-electron chi connectivity index (χ1n) is 10.1. The van der Waals surface area contributed by atoms with Gasteiger partial charge < -0.3 is 23.9 Å². The third-order valence-corrected chi connectivity index (χ3v) is 6.05. The van der Waals surface area contributed by atoms with Crippen LogP contribution in [0.25, 0.3) is 0 Å². The van der Waals surface area contributed by atoms with E-state index in [2.05, 4.69) is 44.2 Å². The summed E-state index contributed by atoms with van der Waals surface area (Å²) >= 11 is 5.74. The fourth-order valence-electron chi connectivity index (χ4n) is 4.34. The number of rotatable bonds is 6. The van der Waals surface area contributed by atoms with Crippen LogP contribution < -0.4 is 5.32 Å². The van der Waals surface area contributed by atoms with Crippen LogP contribution in [-0.4, -0.2) is 32.3 Å². The Balaban J connectivity index is 1.51. The highest BCUT2D eigenvalue weighted by molar-refractivity contribution is 7.80. The van der Waals surface area contributed by atoms with Crippen LogP contribution in [0.5, 0.6) is 0 Å². The summed E-state index contributed by atoms with van der Waals surface area (Å²) in [5.74, 6) is 0.887. The van der Waals surface area contributed by atoms with Crippen molar-refractivity contribution < 1.29 is 9.15 Å². The van der Waals surface area contributed by atoms with E-state index in [9.17, 15) is 0 Å². The van der Waals surface area contributed by atoms with E-state index in [0.29, 0.717) is 11.7 Å². The molecule has 2 aliphatic heterocycles. The largest absolute Gasteiger partial charge is 0.467 e. The number of nitrogens with one attached hydrogen (secondary N) is 1. The van der Waals surface area contributed by atoms with Crippen LogP contribution >= 0.6 is 12.2 Å². The molecule has 1 N–H and O–H groups in total. The third kappa shape index (κ3) is 3.68. The summed E-state index contributed by atoms with van der Waals surface area (Å²) in [6.07, 6.45) is 8.19. The Hall–Kier alpha value is -2.64. The number of furan rings is 1. The molecular weight excluding hydrogens is 384 g/mol. The topological polar surface area (TPSA) is 55.5 Å². The van der Waals surface area contributed by atoms with Crippen LogP contribution in [-0.2, 0) is 17.8 Å². The molecule has 7 heteroatoms. The Bertz CT molecular complexity index is 950. The molecule has 2 saturated heterocycles. The highest BCUT2D eigenvalue weighted by Crippen LogP contribution is 2.39. The van der Waals surface area contributed by atoms with E-state index in [1.54, 1.807) is 6.26 Å². The summed E-state index contributed by atoms with van der Waals surface area (Å²) in [4.78, 5) is 6.82. The second-order valence-electron chi connectivity index (χ2n) is 7.55. The lowest BCUT2D eigenvalue weighted by Crippen LogP contribution is -2.30. The van der Waals surface area contributed by atoms with Crippen molar-refractivity contribution in [3.8, 4) is 0 Å². The van der Waals surface area contributed by atoms with Gasteiger partial charge in [-0.3, -0.25) is 4.98 Å². The van der Waals surface area contributed by atoms with Crippen LogP contribution in [0.2, 0.25) is 0 Å². The van der Waals surface area contributed by atoms with Gasteiger partial charge in [-0.15, -0.1) is 0 Å². The molecule has 150 valence electrons. The number of thiocarbonyl (C=S) groups is 1. The third-order valence-electron chi connectivity index (χ3n) is 5.70. The predicted octanol–water partition coefficient (Wildman–Crippen LogP) is 3.83. The molecule has 3 atom stereocenters. The first-order valence-corrected chi connectivity index (χ1v) is 10.5. The zero-order valence-corrected chi connectivity index (χ0v) is 16.9. The Morgan fingerprint density at radius 1 is 1.17 bits per heavy atom. The molecule has 0 spiro atoms. The smallest absolute Gasteiger partial charge is 0.170 e. The monoisotopic (exact) mass is 408 g/mol. The van der Waals surface area contributed by atoms with E-state index < -0.39 is 0 Å². The minimum absolute atomic E-state index is 0.0129. The van der Waals surface area contributed by atoms with Gasteiger partial charge in [-0.2, -0.15) is 0 Å². The van der Waals surface area contributed by atoms with Gasteiger partial charge in [0.2, 0.25) is 0 Å². The lowest BCUT2D eigenvalue weighted by Gasteiger charge is -2.28. The molecule has 2 aliphatic rings. The molecule has 5 heterocycles. The molecule has 0 amide bonds. The maximum absolute atomic E-state index is 5.89. The molecule has 3 aromatic heterocycles. The average molecular weight is 409 g/mol. The van der Waals surface area contributed by atoms with Gasteiger partial charge in [-0.1, -0.05) is 6.07 Å². The zero-order chi connectivity index (χ0) is 19.6.